The molecule has 130 valence electrons. The molecule has 1 aliphatic carbocycles. The normalized spacial score (nSPS) is 23.7. The maximum atomic E-state index is 6.00. The van der Waals surface area contributed by atoms with Crippen molar-refractivity contribution >= 4 is 28.5 Å². The fraction of sp³-hybridized carbons (Fsp3) is 0.421. The molecule has 0 saturated heterocycles. The van der Waals surface area contributed by atoms with Crippen molar-refractivity contribution in [3.05, 3.63) is 35.6 Å². The fourth-order valence-corrected chi connectivity index (χ4v) is 3.79. The summed E-state index contributed by atoms with van der Waals surface area (Å²) in [5, 5.41) is 9.38. The molecule has 0 bridgehead atoms. The number of hydrogen-bond donors (Lipinski definition) is 1. The average molecular weight is 357 g/mol. The Morgan fingerprint density at radius 3 is 2.72 bits per heavy atom. The first-order chi connectivity index (χ1) is 12.1. The minimum Gasteiger partial charge on any atom is -0.366 e. The summed E-state index contributed by atoms with van der Waals surface area (Å²) < 4.78 is 5.44. The Bertz CT molecular complexity index is 877. The van der Waals surface area contributed by atoms with Crippen LogP contribution in [0, 0.1) is 11.8 Å². The van der Waals surface area contributed by atoms with Crippen LogP contribution in [0.25, 0.3) is 22.4 Å². The first-order valence-electron chi connectivity index (χ1n) is 8.76. The number of benzene rings is 1. The summed E-state index contributed by atoms with van der Waals surface area (Å²) in [6.45, 7) is 4.64. The summed E-state index contributed by atoms with van der Waals surface area (Å²) in [4.78, 5) is 8.71. The van der Waals surface area contributed by atoms with E-state index in [-0.39, 0.29) is 0 Å². The molecule has 25 heavy (non-hydrogen) atoms. The second-order valence-electron chi connectivity index (χ2n) is 6.96. The highest BCUT2D eigenvalue weighted by atomic mass is 35.5. The molecule has 1 N–H and O–H groups in total. The van der Waals surface area contributed by atoms with Crippen LogP contribution in [0.1, 0.15) is 33.1 Å². The molecule has 6 heteroatoms. The predicted molar refractivity (Wildman–Crippen MR) is 99.6 cm³/mol. The molecule has 2 aromatic heterocycles. The zero-order chi connectivity index (χ0) is 17.4. The predicted octanol–water partition coefficient (Wildman–Crippen LogP) is 5.17. The lowest BCUT2D eigenvalue weighted by Crippen LogP contribution is -2.35. The first kappa shape index (κ1) is 16.3. The van der Waals surface area contributed by atoms with Crippen LogP contribution in [-0.2, 0) is 0 Å². The Hall–Kier alpha value is -2.14. The zero-order valence-electron chi connectivity index (χ0n) is 14.4. The van der Waals surface area contributed by atoms with Crippen LogP contribution in [0.4, 0.5) is 5.82 Å². The van der Waals surface area contributed by atoms with Crippen molar-refractivity contribution < 1.29 is 4.52 Å². The van der Waals surface area contributed by atoms with Crippen molar-refractivity contribution in [1.29, 1.82) is 0 Å². The lowest BCUT2D eigenvalue weighted by Gasteiger charge is -2.35. The number of halogens is 1. The lowest BCUT2D eigenvalue weighted by atomic mass is 9.78. The smallest absolute Gasteiger partial charge is 0.263 e. The second-order valence-corrected chi connectivity index (χ2v) is 7.40. The summed E-state index contributed by atoms with van der Waals surface area (Å²) in [5.74, 6) is 2.10. The summed E-state index contributed by atoms with van der Waals surface area (Å²) >= 11 is 6.00. The molecule has 1 saturated carbocycles. The van der Waals surface area contributed by atoms with Gasteiger partial charge in [0.25, 0.3) is 5.71 Å². The van der Waals surface area contributed by atoms with Crippen LogP contribution >= 0.6 is 11.6 Å². The topological polar surface area (TPSA) is 63.8 Å². The standard InChI is InChI=1S/C19H21ClN4O/c1-11-4-3-5-15(12(11)2)23-18-16-17(13-6-8-14(20)9-7-13)24-25-19(16)22-10-21-18/h6-12,15H,3-5H2,1-2H3,(H,21,22,23). The highest BCUT2D eigenvalue weighted by Gasteiger charge is 2.28. The first-order valence-corrected chi connectivity index (χ1v) is 9.14. The maximum Gasteiger partial charge on any atom is 0.263 e. The average Bonchev–Trinajstić information content (AvgIpc) is 3.05. The SMILES string of the molecule is CC1CCCC(Nc2ncnc3onc(-c4ccc(Cl)cc4)c23)C1C. The fourth-order valence-electron chi connectivity index (χ4n) is 3.66. The van der Waals surface area contributed by atoms with E-state index in [9.17, 15) is 0 Å². The Balaban J connectivity index is 1.74. The Kier molecular flexibility index (Phi) is 4.34. The van der Waals surface area contributed by atoms with Crippen molar-refractivity contribution in [3.63, 3.8) is 0 Å². The Morgan fingerprint density at radius 2 is 1.92 bits per heavy atom. The molecule has 2 heterocycles. The van der Waals surface area contributed by atoms with Crippen LogP contribution in [0.2, 0.25) is 5.02 Å². The molecule has 5 nitrogen and oxygen atoms in total. The van der Waals surface area contributed by atoms with E-state index in [0.29, 0.717) is 28.6 Å². The van der Waals surface area contributed by atoms with Crippen molar-refractivity contribution in [2.75, 3.05) is 5.32 Å². The number of aromatic nitrogens is 3. The van der Waals surface area contributed by atoms with Crippen molar-refractivity contribution in [2.24, 2.45) is 11.8 Å². The van der Waals surface area contributed by atoms with Crippen LogP contribution in [0.3, 0.4) is 0 Å². The molecular formula is C19H21ClN4O. The van der Waals surface area contributed by atoms with Crippen LogP contribution < -0.4 is 5.32 Å². The molecule has 3 unspecified atom stereocenters. The number of rotatable bonds is 3. The molecule has 1 aliphatic rings. The van der Waals surface area contributed by atoms with E-state index < -0.39 is 0 Å². The quantitative estimate of drug-likeness (QED) is 0.700. The van der Waals surface area contributed by atoms with Gasteiger partial charge in [0.15, 0.2) is 0 Å². The lowest BCUT2D eigenvalue weighted by molar-refractivity contribution is 0.253. The molecule has 0 aliphatic heterocycles. The van der Waals surface area contributed by atoms with Gasteiger partial charge in [-0.05, 0) is 30.4 Å². The van der Waals surface area contributed by atoms with Gasteiger partial charge in [-0.2, -0.15) is 4.98 Å². The molecule has 3 aromatic rings. The van der Waals surface area contributed by atoms with E-state index >= 15 is 0 Å². The van der Waals surface area contributed by atoms with Gasteiger partial charge in [-0.1, -0.05) is 55.6 Å². The zero-order valence-corrected chi connectivity index (χ0v) is 15.1. The van der Waals surface area contributed by atoms with Gasteiger partial charge in [0.05, 0.1) is 0 Å². The van der Waals surface area contributed by atoms with Gasteiger partial charge < -0.3 is 9.84 Å². The van der Waals surface area contributed by atoms with E-state index in [1.54, 1.807) is 0 Å². The van der Waals surface area contributed by atoms with E-state index in [1.165, 1.54) is 19.2 Å². The van der Waals surface area contributed by atoms with Crippen molar-refractivity contribution in [1.82, 2.24) is 15.1 Å². The number of fused-ring (bicyclic) bond motifs is 1. The summed E-state index contributed by atoms with van der Waals surface area (Å²) in [7, 11) is 0. The third-order valence-corrected chi connectivity index (χ3v) is 5.67. The van der Waals surface area contributed by atoms with E-state index in [0.717, 1.165) is 28.9 Å². The van der Waals surface area contributed by atoms with Crippen LogP contribution in [0.5, 0.6) is 0 Å². The molecule has 0 amide bonds. The van der Waals surface area contributed by atoms with Gasteiger partial charge in [-0.15, -0.1) is 0 Å². The minimum atomic E-state index is 0.398. The highest BCUT2D eigenvalue weighted by Crippen LogP contribution is 2.35. The molecule has 0 radical (unpaired) electrons. The highest BCUT2D eigenvalue weighted by molar-refractivity contribution is 6.30. The molecule has 4 rings (SSSR count). The van der Waals surface area contributed by atoms with Gasteiger partial charge in [0.2, 0.25) is 0 Å². The van der Waals surface area contributed by atoms with E-state index in [1.807, 2.05) is 24.3 Å². The third-order valence-electron chi connectivity index (χ3n) is 5.42. The molecule has 3 atom stereocenters. The van der Waals surface area contributed by atoms with Crippen LogP contribution in [0.15, 0.2) is 35.1 Å². The summed E-state index contributed by atoms with van der Waals surface area (Å²) in [6, 6.07) is 7.96. The van der Waals surface area contributed by atoms with Crippen molar-refractivity contribution in [3.8, 4) is 11.3 Å². The van der Waals surface area contributed by atoms with Gasteiger partial charge in [0.1, 0.15) is 23.2 Å². The molecule has 1 fully saturated rings. The number of anilines is 1. The van der Waals surface area contributed by atoms with E-state index in [4.69, 9.17) is 16.1 Å². The minimum absolute atomic E-state index is 0.398. The van der Waals surface area contributed by atoms with Gasteiger partial charge in [0, 0.05) is 16.6 Å². The number of hydrogen-bond acceptors (Lipinski definition) is 5. The number of nitrogens with one attached hydrogen (secondary N) is 1. The van der Waals surface area contributed by atoms with Gasteiger partial charge in [-0.25, -0.2) is 4.98 Å². The van der Waals surface area contributed by atoms with Gasteiger partial charge >= 0.3 is 0 Å². The molecular weight excluding hydrogens is 336 g/mol. The molecule has 1 aromatic carbocycles. The maximum absolute atomic E-state index is 6.00. The number of nitrogens with zero attached hydrogens (tertiary/aromatic N) is 3. The third kappa shape index (κ3) is 3.09. The summed E-state index contributed by atoms with van der Waals surface area (Å²) in [5.41, 5.74) is 2.18. The van der Waals surface area contributed by atoms with Crippen LogP contribution in [-0.4, -0.2) is 21.2 Å². The Morgan fingerprint density at radius 1 is 1.12 bits per heavy atom. The summed E-state index contributed by atoms with van der Waals surface area (Å²) in [6.07, 6.45) is 5.21. The molecule has 0 spiro atoms. The second kappa shape index (κ2) is 6.64. The van der Waals surface area contributed by atoms with Crippen molar-refractivity contribution in [2.45, 2.75) is 39.2 Å². The Labute approximate surface area is 151 Å². The van der Waals surface area contributed by atoms with Gasteiger partial charge in [-0.3, -0.25) is 0 Å². The largest absolute Gasteiger partial charge is 0.366 e. The van der Waals surface area contributed by atoms with E-state index in [2.05, 4.69) is 34.3 Å². The monoisotopic (exact) mass is 356 g/mol.